The monoisotopic (exact) mass is 361 g/mol. The molecule has 0 aliphatic rings. The number of amides is 1. The van der Waals surface area contributed by atoms with Crippen molar-refractivity contribution in [2.75, 3.05) is 11.9 Å². The Morgan fingerprint density at radius 1 is 0.852 bits per heavy atom. The minimum absolute atomic E-state index is 0.195. The summed E-state index contributed by atoms with van der Waals surface area (Å²) in [5.74, 6) is 1.16. The Balaban J connectivity index is 1.60. The summed E-state index contributed by atoms with van der Waals surface area (Å²) in [5, 5.41) is 2.90. The van der Waals surface area contributed by atoms with Gasteiger partial charge >= 0.3 is 0 Å². The Hall–Kier alpha value is -3.27. The van der Waals surface area contributed by atoms with Gasteiger partial charge in [0.1, 0.15) is 18.1 Å². The van der Waals surface area contributed by atoms with Crippen LogP contribution in [0.1, 0.15) is 29.3 Å². The zero-order chi connectivity index (χ0) is 18.9. The summed E-state index contributed by atoms with van der Waals surface area (Å²) in [6.07, 6.45) is 0.889. The number of rotatable bonds is 8. The van der Waals surface area contributed by atoms with Gasteiger partial charge in [-0.3, -0.25) is 4.79 Å². The maximum atomic E-state index is 12.6. The Labute approximate surface area is 159 Å². The van der Waals surface area contributed by atoms with Crippen molar-refractivity contribution in [3.63, 3.8) is 0 Å². The van der Waals surface area contributed by atoms with Crippen molar-refractivity contribution in [2.24, 2.45) is 0 Å². The van der Waals surface area contributed by atoms with Crippen molar-refractivity contribution in [3.05, 3.63) is 90.0 Å². The summed E-state index contributed by atoms with van der Waals surface area (Å²) < 4.78 is 11.4. The van der Waals surface area contributed by atoms with Gasteiger partial charge in [-0.05, 0) is 48.4 Å². The standard InChI is InChI=1S/C23H23NO3/c1-2-16-26-22-11-7-6-10-21(22)23(25)24-19-12-14-20(15-13-19)27-17-18-8-4-3-5-9-18/h3-15H,2,16-17H2,1H3,(H,24,25). The highest BCUT2D eigenvalue weighted by atomic mass is 16.5. The van der Waals surface area contributed by atoms with Gasteiger partial charge in [-0.15, -0.1) is 0 Å². The average Bonchev–Trinajstić information content (AvgIpc) is 2.72. The van der Waals surface area contributed by atoms with E-state index in [1.165, 1.54) is 0 Å². The van der Waals surface area contributed by atoms with E-state index in [1.807, 2.05) is 79.7 Å². The molecule has 0 unspecified atom stereocenters. The molecule has 0 saturated carbocycles. The maximum absolute atomic E-state index is 12.6. The van der Waals surface area contributed by atoms with Gasteiger partial charge in [0.2, 0.25) is 0 Å². The van der Waals surface area contributed by atoms with Gasteiger partial charge in [0.15, 0.2) is 0 Å². The first-order valence-electron chi connectivity index (χ1n) is 9.06. The van der Waals surface area contributed by atoms with E-state index in [2.05, 4.69) is 5.32 Å². The number of ether oxygens (including phenoxy) is 2. The van der Waals surface area contributed by atoms with E-state index in [4.69, 9.17) is 9.47 Å². The molecule has 0 atom stereocenters. The van der Waals surface area contributed by atoms with E-state index in [-0.39, 0.29) is 5.91 Å². The van der Waals surface area contributed by atoms with Crippen LogP contribution in [0.5, 0.6) is 11.5 Å². The molecule has 1 amide bonds. The normalized spacial score (nSPS) is 10.3. The van der Waals surface area contributed by atoms with Crippen molar-refractivity contribution < 1.29 is 14.3 Å². The smallest absolute Gasteiger partial charge is 0.259 e. The molecule has 0 aliphatic heterocycles. The topological polar surface area (TPSA) is 47.6 Å². The molecule has 27 heavy (non-hydrogen) atoms. The van der Waals surface area contributed by atoms with E-state index >= 15 is 0 Å². The fourth-order valence-corrected chi connectivity index (χ4v) is 2.57. The van der Waals surface area contributed by atoms with Crippen molar-refractivity contribution in [1.29, 1.82) is 0 Å². The lowest BCUT2D eigenvalue weighted by molar-refractivity contribution is 0.102. The van der Waals surface area contributed by atoms with Crippen molar-refractivity contribution in [1.82, 2.24) is 0 Å². The summed E-state index contributed by atoms with van der Waals surface area (Å²) in [6.45, 7) is 3.12. The van der Waals surface area contributed by atoms with Gasteiger partial charge < -0.3 is 14.8 Å². The number of hydrogen-bond acceptors (Lipinski definition) is 3. The third-order valence-corrected chi connectivity index (χ3v) is 3.95. The van der Waals surface area contributed by atoms with Crippen LogP contribution in [-0.4, -0.2) is 12.5 Å². The van der Waals surface area contributed by atoms with Gasteiger partial charge in [0, 0.05) is 5.69 Å². The molecular formula is C23H23NO3. The van der Waals surface area contributed by atoms with Crippen LogP contribution in [0.4, 0.5) is 5.69 Å². The largest absolute Gasteiger partial charge is 0.493 e. The van der Waals surface area contributed by atoms with Crippen LogP contribution in [0, 0.1) is 0 Å². The molecule has 0 fully saturated rings. The Morgan fingerprint density at radius 3 is 2.30 bits per heavy atom. The van der Waals surface area contributed by atoms with E-state index in [1.54, 1.807) is 6.07 Å². The molecule has 4 nitrogen and oxygen atoms in total. The van der Waals surface area contributed by atoms with Gasteiger partial charge in [0.25, 0.3) is 5.91 Å². The summed E-state index contributed by atoms with van der Waals surface area (Å²) in [7, 11) is 0. The van der Waals surface area contributed by atoms with Gasteiger partial charge in [0.05, 0.1) is 12.2 Å². The molecule has 0 radical (unpaired) electrons. The first kappa shape index (κ1) is 18.5. The molecule has 0 saturated heterocycles. The van der Waals surface area contributed by atoms with E-state index in [0.29, 0.717) is 30.2 Å². The minimum Gasteiger partial charge on any atom is -0.493 e. The number of carbonyl (C=O) groups is 1. The molecule has 0 spiro atoms. The maximum Gasteiger partial charge on any atom is 0.259 e. The van der Waals surface area contributed by atoms with Gasteiger partial charge in [-0.1, -0.05) is 49.4 Å². The van der Waals surface area contributed by atoms with Crippen LogP contribution in [0.3, 0.4) is 0 Å². The molecule has 0 aromatic heterocycles. The number of anilines is 1. The quantitative estimate of drug-likeness (QED) is 0.592. The first-order valence-corrected chi connectivity index (χ1v) is 9.06. The molecule has 4 heteroatoms. The molecule has 0 bridgehead atoms. The van der Waals surface area contributed by atoms with Crippen molar-refractivity contribution in [2.45, 2.75) is 20.0 Å². The predicted octanol–water partition coefficient (Wildman–Crippen LogP) is 5.31. The second-order valence-electron chi connectivity index (χ2n) is 6.10. The lowest BCUT2D eigenvalue weighted by Crippen LogP contribution is -2.13. The number of benzene rings is 3. The molecule has 0 heterocycles. The highest BCUT2D eigenvalue weighted by molar-refractivity contribution is 6.06. The number of hydrogen-bond donors (Lipinski definition) is 1. The first-order chi connectivity index (χ1) is 13.3. The lowest BCUT2D eigenvalue weighted by Gasteiger charge is -2.12. The SMILES string of the molecule is CCCOc1ccccc1C(=O)Nc1ccc(OCc2ccccc2)cc1. The molecule has 3 aromatic carbocycles. The highest BCUT2D eigenvalue weighted by Gasteiger charge is 2.12. The zero-order valence-corrected chi connectivity index (χ0v) is 15.4. The third-order valence-electron chi connectivity index (χ3n) is 3.95. The average molecular weight is 361 g/mol. The van der Waals surface area contributed by atoms with Crippen LogP contribution in [0.25, 0.3) is 0 Å². The second kappa shape index (κ2) is 9.43. The molecule has 3 aromatic rings. The summed E-state index contributed by atoms with van der Waals surface area (Å²) >= 11 is 0. The highest BCUT2D eigenvalue weighted by Crippen LogP contribution is 2.21. The van der Waals surface area contributed by atoms with Crippen LogP contribution >= 0.6 is 0 Å². The van der Waals surface area contributed by atoms with Crippen molar-refractivity contribution in [3.8, 4) is 11.5 Å². The van der Waals surface area contributed by atoms with E-state index < -0.39 is 0 Å². The molecular weight excluding hydrogens is 338 g/mol. The molecule has 3 rings (SSSR count). The van der Waals surface area contributed by atoms with Gasteiger partial charge in [-0.25, -0.2) is 0 Å². The third kappa shape index (κ3) is 5.35. The van der Waals surface area contributed by atoms with Crippen LogP contribution in [0.15, 0.2) is 78.9 Å². The van der Waals surface area contributed by atoms with E-state index in [0.717, 1.165) is 17.7 Å². The number of para-hydroxylation sites is 1. The Morgan fingerprint density at radius 2 is 1.56 bits per heavy atom. The fourth-order valence-electron chi connectivity index (χ4n) is 2.57. The lowest BCUT2D eigenvalue weighted by atomic mass is 10.2. The Kier molecular flexibility index (Phi) is 6.47. The van der Waals surface area contributed by atoms with E-state index in [9.17, 15) is 4.79 Å². The molecule has 0 aliphatic carbocycles. The summed E-state index contributed by atoms with van der Waals surface area (Å²) in [6, 6.07) is 24.6. The molecule has 138 valence electrons. The predicted molar refractivity (Wildman–Crippen MR) is 107 cm³/mol. The van der Waals surface area contributed by atoms with Crippen LogP contribution in [-0.2, 0) is 6.61 Å². The van der Waals surface area contributed by atoms with Gasteiger partial charge in [-0.2, -0.15) is 0 Å². The van der Waals surface area contributed by atoms with Crippen molar-refractivity contribution >= 4 is 11.6 Å². The Bertz CT molecular complexity index is 860. The van der Waals surface area contributed by atoms with Crippen LogP contribution in [0.2, 0.25) is 0 Å². The molecule has 1 N–H and O–H groups in total. The summed E-state index contributed by atoms with van der Waals surface area (Å²) in [4.78, 5) is 12.6. The zero-order valence-electron chi connectivity index (χ0n) is 15.4. The number of carbonyl (C=O) groups excluding carboxylic acids is 1. The second-order valence-corrected chi connectivity index (χ2v) is 6.10. The number of nitrogens with one attached hydrogen (secondary N) is 1. The minimum atomic E-state index is -0.195. The fraction of sp³-hybridized carbons (Fsp3) is 0.174. The van der Waals surface area contributed by atoms with Crippen LogP contribution < -0.4 is 14.8 Å². The summed E-state index contributed by atoms with van der Waals surface area (Å²) in [5.41, 5.74) is 2.34.